The van der Waals surface area contributed by atoms with Crippen molar-refractivity contribution in [3.8, 4) is 11.5 Å². The Balaban J connectivity index is 1.71. The third kappa shape index (κ3) is 2.85. The first-order valence-corrected chi connectivity index (χ1v) is 8.61. The molecule has 8 heteroatoms. The molecule has 3 rings (SSSR count). The molecule has 1 spiro atoms. The number of hydrogen-bond acceptors (Lipinski definition) is 5. The number of likely N-dealkylation sites (tertiary alicyclic amines) is 1. The monoisotopic (exact) mass is 361 g/mol. The van der Waals surface area contributed by atoms with E-state index in [1.165, 1.54) is 19.1 Å². The van der Waals surface area contributed by atoms with E-state index in [0.717, 1.165) is 0 Å². The van der Waals surface area contributed by atoms with Gasteiger partial charge in [-0.25, -0.2) is 4.79 Å². The number of benzene rings is 1. The van der Waals surface area contributed by atoms with Crippen LogP contribution in [0.2, 0.25) is 0 Å². The molecule has 2 saturated heterocycles. The molecule has 2 fully saturated rings. The summed E-state index contributed by atoms with van der Waals surface area (Å²) in [6.07, 6.45) is 0.820. The smallest absolute Gasteiger partial charge is 0.325 e. The second-order valence-corrected chi connectivity index (χ2v) is 6.42. The summed E-state index contributed by atoms with van der Waals surface area (Å²) in [4.78, 5) is 40.2. The highest BCUT2D eigenvalue weighted by Gasteiger charge is 2.52. The number of imide groups is 1. The maximum atomic E-state index is 12.8. The van der Waals surface area contributed by atoms with E-state index >= 15 is 0 Å². The number of hydrogen-bond donors (Lipinski definition) is 1. The lowest BCUT2D eigenvalue weighted by molar-refractivity contribution is -0.132. The van der Waals surface area contributed by atoms with E-state index in [1.54, 1.807) is 30.0 Å². The first kappa shape index (κ1) is 18.0. The molecule has 26 heavy (non-hydrogen) atoms. The molecule has 0 bridgehead atoms. The fourth-order valence-corrected chi connectivity index (χ4v) is 3.55. The van der Waals surface area contributed by atoms with Crippen molar-refractivity contribution in [1.29, 1.82) is 0 Å². The number of ether oxygens (including phenoxy) is 2. The van der Waals surface area contributed by atoms with Crippen LogP contribution in [0.25, 0.3) is 0 Å². The molecule has 8 nitrogen and oxygen atoms in total. The number of likely N-dealkylation sites (N-methyl/N-ethyl adjacent to an activating group) is 1. The molecule has 4 amide bonds. The van der Waals surface area contributed by atoms with Crippen LogP contribution in [0.1, 0.15) is 30.1 Å². The molecular formula is C18H23N3O5. The molecule has 140 valence electrons. The maximum Gasteiger partial charge on any atom is 0.325 e. The number of methoxy groups -OCH3 is 2. The number of carbonyl (C=O) groups is 3. The van der Waals surface area contributed by atoms with Crippen LogP contribution in [-0.4, -0.2) is 67.0 Å². The van der Waals surface area contributed by atoms with Crippen LogP contribution < -0.4 is 14.8 Å². The van der Waals surface area contributed by atoms with Crippen LogP contribution in [0, 0.1) is 0 Å². The predicted octanol–water partition coefficient (Wildman–Crippen LogP) is 1.25. The Bertz CT molecular complexity index is 740. The molecule has 2 heterocycles. The van der Waals surface area contributed by atoms with Gasteiger partial charge < -0.3 is 19.7 Å². The van der Waals surface area contributed by atoms with E-state index in [-0.39, 0.29) is 17.8 Å². The molecule has 0 atom stereocenters. The van der Waals surface area contributed by atoms with Crippen LogP contribution in [0.3, 0.4) is 0 Å². The Morgan fingerprint density at radius 3 is 2.35 bits per heavy atom. The van der Waals surface area contributed by atoms with E-state index in [1.807, 2.05) is 0 Å². The number of rotatable bonds is 4. The number of amides is 4. The minimum Gasteiger partial charge on any atom is -0.493 e. The lowest BCUT2D eigenvalue weighted by Crippen LogP contribution is -2.55. The van der Waals surface area contributed by atoms with E-state index in [2.05, 4.69) is 5.32 Å². The molecule has 0 aromatic heterocycles. The molecular weight excluding hydrogens is 338 g/mol. The third-order valence-electron chi connectivity index (χ3n) is 5.10. The van der Waals surface area contributed by atoms with Crippen molar-refractivity contribution in [2.45, 2.75) is 25.3 Å². The normalized spacial score (nSPS) is 18.9. The van der Waals surface area contributed by atoms with Crippen LogP contribution in [0.15, 0.2) is 18.2 Å². The largest absolute Gasteiger partial charge is 0.493 e. The lowest BCUT2D eigenvalue weighted by Gasteiger charge is -2.37. The average molecular weight is 361 g/mol. The van der Waals surface area contributed by atoms with Crippen molar-refractivity contribution in [1.82, 2.24) is 15.1 Å². The van der Waals surface area contributed by atoms with Crippen LogP contribution in [0.5, 0.6) is 11.5 Å². The van der Waals surface area contributed by atoms with Gasteiger partial charge in [0.25, 0.3) is 11.8 Å². The van der Waals surface area contributed by atoms with E-state index in [4.69, 9.17) is 9.47 Å². The Morgan fingerprint density at radius 1 is 1.15 bits per heavy atom. The quantitative estimate of drug-likeness (QED) is 0.816. The van der Waals surface area contributed by atoms with Gasteiger partial charge in [-0.3, -0.25) is 14.5 Å². The first-order chi connectivity index (χ1) is 12.5. The van der Waals surface area contributed by atoms with Crippen molar-refractivity contribution in [2.24, 2.45) is 0 Å². The number of nitrogens with one attached hydrogen (secondary N) is 1. The van der Waals surface area contributed by atoms with Gasteiger partial charge in [0.15, 0.2) is 11.5 Å². The Kier molecular flexibility index (Phi) is 4.76. The highest BCUT2D eigenvalue weighted by Crippen LogP contribution is 2.31. The van der Waals surface area contributed by atoms with E-state index in [0.29, 0.717) is 49.5 Å². The SMILES string of the molecule is CCN1C(=O)NC2(CCN(C(=O)c3ccc(OC)c(OC)c3)CC2)C1=O. The second-order valence-electron chi connectivity index (χ2n) is 6.42. The number of nitrogens with zero attached hydrogens (tertiary/aromatic N) is 2. The molecule has 1 N–H and O–H groups in total. The van der Waals surface area contributed by atoms with Crippen LogP contribution >= 0.6 is 0 Å². The predicted molar refractivity (Wildman–Crippen MR) is 93.3 cm³/mol. The average Bonchev–Trinajstić information content (AvgIpc) is 2.90. The second kappa shape index (κ2) is 6.86. The number of urea groups is 1. The van der Waals surface area contributed by atoms with E-state index < -0.39 is 5.54 Å². The highest BCUT2D eigenvalue weighted by atomic mass is 16.5. The maximum absolute atomic E-state index is 12.8. The molecule has 2 aliphatic heterocycles. The Hall–Kier alpha value is -2.77. The fourth-order valence-electron chi connectivity index (χ4n) is 3.55. The van der Waals surface area contributed by atoms with Crippen molar-refractivity contribution >= 4 is 17.8 Å². The number of carbonyl (C=O) groups excluding carboxylic acids is 3. The summed E-state index contributed by atoms with van der Waals surface area (Å²) in [6.45, 7) is 2.92. The van der Waals surface area contributed by atoms with Crippen molar-refractivity contribution < 1.29 is 23.9 Å². The fraction of sp³-hybridized carbons (Fsp3) is 0.500. The van der Waals surface area contributed by atoms with Gasteiger partial charge in [-0.05, 0) is 38.0 Å². The zero-order chi connectivity index (χ0) is 18.9. The Morgan fingerprint density at radius 2 is 1.81 bits per heavy atom. The van der Waals surface area contributed by atoms with Crippen molar-refractivity contribution in [2.75, 3.05) is 33.9 Å². The van der Waals surface area contributed by atoms with Gasteiger partial charge in [0.1, 0.15) is 5.54 Å². The zero-order valence-electron chi connectivity index (χ0n) is 15.2. The summed E-state index contributed by atoms with van der Waals surface area (Å²) in [5.74, 6) is 0.720. The summed E-state index contributed by atoms with van der Waals surface area (Å²) >= 11 is 0. The topological polar surface area (TPSA) is 88.2 Å². The minimum atomic E-state index is -0.874. The van der Waals surface area contributed by atoms with Gasteiger partial charge in [0.2, 0.25) is 0 Å². The van der Waals surface area contributed by atoms with Gasteiger partial charge in [-0.1, -0.05) is 0 Å². The highest BCUT2D eigenvalue weighted by molar-refractivity contribution is 6.07. The van der Waals surface area contributed by atoms with Crippen molar-refractivity contribution in [3.63, 3.8) is 0 Å². The van der Waals surface area contributed by atoms with Gasteiger partial charge in [0, 0.05) is 25.2 Å². The van der Waals surface area contributed by atoms with Gasteiger partial charge in [0.05, 0.1) is 14.2 Å². The molecule has 0 unspecified atom stereocenters. The standard InChI is InChI=1S/C18H23N3O5/c1-4-21-16(23)18(19-17(21)24)7-9-20(10-8-18)15(22)12-5-6-13(25-2)14(11-12)26-3/h5-6,11H,4,7-10H2,1-3H3,(H,19,24). The minimum absolute atomic E-state index is 0.134. The van der Waals surface area contributed by atoms with Gasteiger partial charge in [-0.2, -0.15) is 0 Å². The summed E-state index contributed by atoms with van der Waals surface area (Å²) < 4.78 is 10.4. The molecule has 2 aliphatic rings. The van der Waals surface area contributed by atoms with Gasteiger partial charge >= 0.3 is 6.03 Å². The molecule has 0 radical (unpaired) electrons. The van der Waals surface area contributed by atoms with Crippen molar-refractivity contribution in [3.05, 3.63) is 23.8 Å². The molecule has 0 saturated carbocycles. The summed E-state index contributed by atoms with van der Waals surface area (Å²) in [5, 5.41) is 2.82. The Labute approximate surface area is 152 Å². The summed E-state index contributed by atoms with van der Waals surface area (Å²) in [6, 6.07) is 4.68. The van der Waals surface area contributed by atoms with Crippen LogP contribution in [-0.2, 0) is 4.79 Å². The molecule has 1 aromatic carbocycles. The number of piperidine rings is 1. The zero-order valence-corrected chi connectivity index (χ0v) is 15.2. The third-order valence-corrected chi connectivity index (χ3v) is 5.10. The lowest BCUT2D eigenvalue weighted by atomic mass is 9.87. The van der Waals surface area contributed by atoms with E-state index in [9.17, 15) is 14.4 Å². The van der Waals surface area contributed by atoms with Crippen LogP contribution in [0.4, 0.5) is 4.79 Å². The summed E-state index contributed by atoms with van der Waals surface area (Å²) in [7, 11) is 3.06. The first-order valence-electron chi connectivity index (χ1n) is 8.61. The summed E-state index contributed by atoms with van der Waals surface area (Å²) in [5.41, 5.74) is -0.378. The molecule has 1 aromatic rings. The molecule has 0 aliphatic carbocycles. The van der Waals surface area contributed by atoms with Gasteiger partial charge in [-0.15, -0.1) is 0 Å².